The molecular weight excluding hydrogens is 430 g/mol. The molecule has 1 aliphatic carbocycles. The van der Waals surface area contributed by atoms with Crippen molar-refractivity contribution >= 4 is 5.82 Å². The zero-order valence-electron chi connectivity index (χ0n) is 17.1. The van der Waals surface area contributed by atoms with E-state index in [0.717, 1.165) is 37.1 Å². The van der Waals surface area contributed by atoms with Crippen molar-refractivity contribution in [2.24, 2.45) is 10.8 Å². The molecule has 0 atom stereocenters. The van der Waals surface area contributed by atoms with Gasteiger partial charge in [0, 0.05) is 35.2 Å². The zero-order valence-corrected chi connectivity index (χ0v) is 17.1. The normalized spacial score (nSPS) is 22.0. The molecule has 2 heterocycles. The number of hydrogen-bond acceptors (Lipinski definition) is 5. The molecule has 0 aliphatic heterocycles. The summed E-state index contributed by atoms with van der Waals surface area (Å²) in [6.45, 7) is 7.26. The van der Waals surface area contributed by atoms with Crippen LogP contribution in [0.5, 0.6) is 0 Å². The number of aliphatic hydroxyl groups is 1. The molecule has 3 rings (SSSR count). The van der Waals surface area contributed by atoms with Gasteiger partial charge in [0.1, 0.15) is 17.7 Å². The molecule has 2 N–H and O–H groups in total. The molecule has 12 heteroatoms. The van der Waals surface area contributed by atoms with Gasteiger partial charge in [0.05, 0.1) is 11.7 Å². The molecule has 31 heavy (non-hydrogen) atoms. The van der Waals surface area contributed by atoms with Crippen LogP contribution in [0.4, 0.5) is 32.2 Å². The van der Waals surface area contributed by atoms with E-state index in [0.29, 0.717) is 4.73 Å². The predicted molar refractivity (Wildman–Crippen MR) is 98.4 cm³/mol. The van der Waals surface area contributed by atoms with Gasteiger partial charge in [0.2, 0.25) is 0 Å². The quantitative estimate of drug-likeness (QED) is 0.408. The molecule has 2 aromatic rings. The average Bonchev–Trinajstić information content (AvgIpc) is 2.65. The van der Waals surface area contributed by atoms with E-state index in [4.69, 9.17) is 0 Å². The first-order valence-electron chi connectivity index (χ1n) is 9.07. The van der Waals surface area contributed by atoms with Crippen molar-refractivity contribution in [1.29, 1.82) is 0 Å². The number of nitrogens with zero attached hydrogens (tertiary/aromatic N) is 3. The third-order valence-electron chi connectivity index (χ3n) is 5.33. The lowest BCUT2D eigenvalue weighted by Gasteiger charge is -2.62. The van der Waals surface area contributed by atoms with Crippen LogP contribution in [0.2, 0.25) is 0 Å². The SMILES string of the molecule is CC1(C)C(O)C(C)(C)C1Nc1ncncc1C(F)(F)F.[O-][n+]1ccc(C(F)(F)F)cc1. The minimum absolute atomic E-state index is 0.245. The minimum Gasteiger partial charge on any atom is -0.619 e. The van der Waals surface area contributed by atoms with Gasteiger partial charge in [0.15, 0.2) is 12.4 Å². The summed E-state index contributed by atoms with van der Waals surface area (Å²) >= 11 is 0. The third-order valence-corrected chi connectivity index (χ3v) is 5.33. The minimum atomic E-state index is -4.51. The summed E-state index contributed by atoms with van der Waals surface area (Å²) in [6, 6.07) is 1.14. The number of halogens is 6. The summed E-state index contributed by atoms with van der Waals surface area (Å²) in [5.74, 6) is -0.245. The summed E-state index contributed by atoms with van der Waals surface area (Å²) in [7, 11) is 0. The van der Waals surface area contributed by atoms with E-state index in [1.165, 1.54) is 0 Å². The first kappa shape index (κ1) is 24.6. The van der Waals surface area contributed by atoms with E-state index in [1.807, 2.05) is 27.7 Å². The van der Waals surface area contributed by atoms with Crippen LogP contribution in [0.25, 0.3) is 0 Å². The molecule has 0 unspecified atom stereocenters. The summed E-state index contributed by atoms with van der Waals surface area (Å²) in [5, 5.41) is 23.2. The van der Waals surface area contributed by atoms with Crippen LogP contribution in [0, 0.1) is 16.0 Å². The second-order valence-electron chi connectivity index (χ2n) is 8.35. The van der Waals surface area contributed by atoms with Crippen LogP contribution >= 0.6 is 0 Å². The molecule has 1 fully saturated rings. The van der Waals surface area contributed by atoms with Crippen molar-refractivity contribution in [2.45, 2.75) is 52.2 Å². The topological polar surface area (TPSA) is 85.0 Å². The lowest BCUT2D eigenvalue weighted by Crippen LogP contribution is -2.70. The summed E-state index contributed by atoms with van der Waals surface area (Å²) in [5.41, 5.74) is -2.77. The highest BCUT2D eigenvalue weighted by molar-refractivity contribution is 5.47. The molecule has 0 aromatic carbocycles. The van der Waals surface area contributed by atoms with Gasteiger partial charge in [-0.05, 0) is 0 Å². The number of anilines is 1. The van der Waals surface area contributed by atoms with Gasteiger partial charge in [-0.2, -0.15) is 31.1 Å². The predicted octanol–water partition coefficient (Wildman–Crippen LogP) is 4.04. The Morgan fingerprint density at radius 1 is 1.00 bits per heavy atom. The molecule has 6 nitrogen and oxygen atoms in total. The van der Waals surface area contributed by atoms with E-state index in [2.05, 4.69) is 15.3 Å². The van der Waals surface area contributed by atoms with Crippen molar-refractivity contribution in [1.82, 2.24) is 9.97 Å². The summed E-state index contributed by atoms with van der Waals surface area (Å²) < 4.78 is 74.5. The molecule has 2 aromatic heterocycles. The Morgan fingerprint density at radius 3 is 1.97 bits per heavy atom. The van der Waals surface area contributed by atoms with Crippen molar-refractivity contribution in [3.63, 3.8) is 0 Å². The highest BCUT2D eigenvalue weighted by Gasteiger charge is 2.61. The molecule has 0 amide bonds. The van der Waals surface area contributed by atoms with Crippen LogP contribution < -0.4 is 10.0 Å². The highest BCUT2D eigenvalue weighted by atomic mass is 19.4. The maximum Gasteiger partial charge on any atom is 0.421 e. The van der Waals surface area contributed by atoms with E-state index in [-0.39, 0.29) is 11.9 Å². The van der Waals surface area contributed by atoms with E-state index >= 15 is 0 Å². The number of alkyl halides is 6. The van der Waals surface area contributed by atoms with Crippen LogP contribution in [-0.4, -0.2) is 27.2 Å². The van der Waals surface area contributed by atoms with Gasteiger partial charge in [0.25, 0.3) is 0 Å². The Hall–Kier alpha value is -2.63. The van der Waals surface area contributed by atoms with Gasteiger partial charge < -0.3 is 15.6 Å². The second kappa shape index (κ2) is 8.13. The highest BCUT2D eigenvalue weighted by Crippen LogP contribution is 2.55. The number of aromatic nitrogens is 3. The monoisotopic (exact) mass is 452 g/mol. The Balaban J connectivity index is 0.000000262. The van der Waals surface area contributed by atoms with E-state index in [1.54, 1.807) is 0 Å². The lowest BCUT2D eigenvalue weighted by molar-refractivity contribution is -0.605. The van der Waals surface area contributed by atoms with Crippen molar-refractivity contribution in [2.75, 3.05) is 5.32 Å². The van der Waals surface area contributed by atoms with Gasteiger partial charge in [-0.15, -0.1) is 0 Å². The molecular formula is C19H22F6N4O2. The first-order chi connectivity index (χ1) is 14.0. The third kappa shape index (κ3) is 5.17. The number of pyridine rings is 1. The summed E-state index contributed by atoms with van der Waals surface area (Å²) in [6.07, 6.45) is -6.03. The van der Waals surface area contributed by atoms with Crippen molar-refractivity contribution < 1.29 is 36.2 Å². The Kier molecular flexibility index (Phi) is 6.47. The van der Waals surface area contributed by atoms with E-state index in [9.17, 15) is 36.7 Å². The van der Waals surface area contributed by atoms with Crippen LogP contribution in [0.15, 0.2) is 37.1 Å². The standard InChI is InChI=1S/C13H18F3N3O.C6H4F3NO/c1-11(2)9(12(3,4)10(11)20)19-8-7(13(14,15)16)5-17-6-18-8;7-6(8,9)5-1-3-10(11)4-2-5/h5-6,9-10,20H,1-4H3,(H,17,18,19);1-4H. The van der Waals surface area contributed by atoms with Crippen LogP contribution in [0.1, 0.15) is 38.8 Å². The van der Waals surface area contributed by atoms with Gasteiger partial charge >= 0.3 is 12.4 Å². The van der Waals surface area contributed by atoms with Crippen LogP contribution in [-0.2, 0) is 12.4 Å². The van der Waals surface area contributed by atoms with Crippen LogP contribution in [0.3, 0.4) is 0 Å². The molecule has 0 saturated heterocycles. The molecule has 1 saturated carbocycles. The van der Waals surface area contributed by atoms with Gasteiger partial charge in [-0.25, -0.2) is 9.97 Å². The number of rotatable bonds is 2. The Bertz CT molecular complexity index is 882. The molecule has 0 bridgehead atoms. The zero-order chi connectivity index (χ0) is 23.8. The van der Waals surface area contributed by atoms with Crippen molar-refractivity contribution in [3.05, 3.63) is 53.4 Å². The first-order valence-corrected chi connectivity index (χ1v) is 9.07. The molecule has 0 spiro atoms. The molecule has 1 aliphatic rings. The van der Waals surface area contributed by atoms with Gasteiger partial charge in [-0.3, -0.25) is 0 Å². The number of nitrogens with one attached hydrogen (secondary N) is 1. The Labute approximate surface area is 174 Å². The maximum absolute atomic E-state index is 12.9. The van der Waals surface area contributed by atoms with E-state index < -0.39 is 40.4 Å². The van der Waals surface area contributed by atoms with Crippen molar-refractivity contribution in [3.8, 4) is 0 Å². The summed E-state index contributed by atoms with van der Waals surface area (Å²) in [4.78, 5) is 7.13. The lowest BCUT2D eigenvalue weighted by atomic mass is 9.49. The maximum atomic E-state index is 12.9. The van der Waals surface area contributed by atoms with Gasteiger partial charge in [-0.1, -0.05) is 27.7 Å². The fourth-order valence-corrected chi connectivity index (χ4v) is 3.90. The number of aliphatic hydroxyl groups excluding tert-OH is 1. The second-order valence-corrected chi connectivity index (χ2v) is 8.35. The molecule has 0 radical (unpaired) electrons. The largest absolute Gasteiger partial charge is 0.619 e. The average molecular weight is 452 g/mol. The Morgan fingerprint density at radius 2 is 1.52 bits per heavy atom. The molecule has 172 valence electrons. The number of hydrogen-bond donors (Lipinski definition) is 2. The fourth-order valence-electron chi connectivity index (χ4n) is 3.90. The fraction of sp³-hybridized carbons (Fsp3) is 0.526. The smallest absolute Gasteiger partial charge is 0.421 e.